The lowest BCUT2D eigenvalue weighted by atomic mass is 10.0. The first-order chi connectivity index (χ1) is 7.68. The molecule has 0 aromatic carbocycles. The predicted molar refractivity (Wildman–Crippen MR) is 62.6 cm³/mol. The summed E-state index contributed by atoms with van der Waals surface area (Å²) in [4.78, 5) is 12.0. The molecule has 3 N–H and O–H groups in total. The quantitative estimate of drug-likeness (QED) is 0.749. The number of amides is 1. The van der Waals surface area contributed by atoms with E-state index < -0.39 is 0 Å². The zero-order valence-electron chi connectivity index (χ0n) is 9.99. The molecule has 3 saturated carbocycles. The molecule has 3 fully saturated rings. The van der Waals surface area contributed by atoms with Crippen LogP contribution in [-0.2, 0) is 4.79 Å². The fourth-order valence-corrected chi connectivity index (χ4v) is 4.22. The number of nitrogens with one attached hydrogen (secondary N) is 1. The summed E-state index contributed by atoms with van der Waals surface area (Å²) in [5.41, 5.74) is 5.67. The van der Waals surface area contributed by atoms with E-state index in [0.717, 1.165) is 36.6 Å². The van der Waals surface area contributed by atoms with Crippen molar-refractivity contribution in [2.45, 2.75) is 38.6 Å². The SMILES string of the molecule is CC(N)CCNC(=O)C1C2C3CCC(C3)C12. The first kappa shape index (κ1) is 10.6. The maximum atomic E-state index is 12.0. The van der Waals surface area contributed by atoms with Crippen LogP contribution in [0.2, 0.25) is 0 Å². The van der Waals surface area contributed by atoms with Gasteiger partial charge in [-0.2, -0.15) is 0 Å². The number of fused-ring (bicyclic) bond motifs is 5. The molecule has 1 amide bonds. The molecule has 0 radical (unpaired) electrons. The summed E-state index contributed by atoms with van der Waals surface area (Å²) in [7, 11) is 0. The third-order valence-electron chi connectivity index (χ3n) is 4.94. The largest absolute Gasteiger partial charge is 0.356 e. The molecule has 3 aliphatic carbocycles. The van der Waals surface area contributed by atoms with Gasteiger partial charge in [-0.25, -0.2) is 0 Å². The molecule has 5 atom stereocenters. The molecule has 3 nitrogen and oxygen atoms in total. The second-order valence-electron chi connectivity index (χ2n) is 6.07. The van der Waals surface area contributed by atoms with Crippen molar-refractivity contribution in [3.63, 3.8) is 0 Å². The number of rotatable bonds is 4. The summed E-state index contributed by atoms with van der Waals surface area (Å²) in [5.74, 6) is 3.98. The lowest BCUT2D eigenvalue weighted by Gasteiger charge is -2.10. The van der Waals surface area contributed by atoms with Gasteiger partial charge < -0.3 is 11.1 Å². The van der Waals surface area contributed by atoms with Crippen LogP contribution in [0, 0.1) is 29.6 Å². The highest BCUT2D eigenvalue weighted by Crippen LogP contribution is 2.69. The maximum Gasteiger partial charge on any atom is 0.223 e. The van der Waals surface area contributed by atoms with Gasteiger partial charge in [0.15, 0.2) is 0 Å². The highest BCUT2D eigenvalue weighted by atomic mass is 16.2. The van der Waals surface area contributed by atoms with Gasteiger partial charge in [0, 0.05) is 18.5 Å². The molecule has 0 saturated heterocycles. The Morgan fingerprint density at radius 1 is 1.38 bits per heavy atom. The molecule has 0 aromatic heterocycles. The molecule has 0 aromatic rings. The fraction of sp³-hybridized carbons (Fsp3) is 0.923. The Morgan fingerprint density at radius 2 is 2.00 bits per heavy atom. The Kier molecular flexibility index (Phi) is 2.46. The average Bonchev–Trinajstić information content (AvgIpc) is 2.68. The molecule has 3 aliphatic rings. The highest BCUT2D eigenvalue weighted by molar-refractivity contribution is 5.82. The molecule has 3 heteroatoms. The van der Waals surface area contributed by atoms with Gasteiger partial charge in [0.25, 0.3) is 0 Å². The van der Waals surface area contributed by atoms with E-state index in [0.29, 0.717) is 11.8 Å². The van der Waals surface area contributed by atoms with Crippen LogP contribution >= 0.6 is 0 Å². The smallest absolute Gasteiger partial charge is 0.223 e. The minimum atomic E-state index is 0.190. The Labute approximate surface area is 97.2 Å². The van der Waals surface area contributed by atoms with Gasteiger partial charge in [0.2, 0.25) is 5.91 Å². The standard InChI is InChI=1S/C13H22N2O/c1-7(14)4-5-15-13(16)12-10-8-2-3-9(6-8)11(10)12/h7-12H,2-6,14H2,1H3,(H,15,16). The Morgan fingerprint density at radius 3 is 2.56 bits per heavy atom. The molecule has 90 valence electrons. The number of carbonyl (C=O) groups excluding carboxylic acids is 1. The van der Waals surface area contributed by atoms with Crippen molar-refractivity contribution in [3.8, 4) is 0 Å². The number of carbonyl (C=O) groups is 1. The van der Waals surface area contributed by atoms with Crippen molar-refractivity contribution in [2.24, 2.45) is 35.3 Å². The van der Waals surface area contributed by atoms with Crippen LogP contribution in [0.3, 0.4) is 0 Å². The van der Waals surface area contributed by atoms with E-state index in [2.05, 4.69) is 5.32 Å². The van der Waals surface area contributed by atoms with Crippen LogP contribution in [0.15, 0.2) is 0 Å². The van der Waals surface area contributed by atoms with Gasteiger partial charge in [-0.3, -0.25) is 4.79 Å². The van der Waals surface area contributed by atoms with Crippen molar-refractivity contribution in [2.75, 3.05) is 6.54 Å². The second-order valence-corrected chi connectivity index (χ2v) is 6.07. The Bertz CT molecular complexity index is 286. The fourth-order valence-electron chi connectivity index (χ4n) is 4.22. The van der Waals surface area contributed by atoms with E-state index >= 15 is 0 Å². The summed E-state index contributed by atoms with van der Waals surface area (Å²) in [6, 6.07) is 0.190. The summed E-state index contributed by atoms with van der Waals surface area (Å²) in [5, 5.41) is 3.05. The van der Waals surface area contributed by atoms with Crippen molar-refractivity contribution in [1.29, 1.82) is 0 Å². The van der Waals surface area contributed by atoms with E-state index in [4.69, 9.17) is 5.73 Å². The topological polar surface area (TPSA) is 55.1 Å². The van der Waals surface area contributed by atoms with Crippen LogP contribution < -0.4 is 11.1 Å². The van der Waals surface area contributed by atoms with E-state index in [1.165, 1.54) is 19.3 Å². The zero-order valence-corrected chi connectivity index (χ0v) is 9.99. The van der Waals surface area contributed by atoms with Crippen LogP contribution in [0.25, 0.3) is 0 Å². The molecular weight excluding hydrogens is 200 g/mol. The summed E-state index contributed by atoms with van der Waals surface area (Å²) < 4.78 is 0. The number of hydrogen-bond acceptors (Lipinski definition) is 2. The van der Waals surface area contributed by atoms with Crippen LogP contribution in [0.4, 0.5) is 0 Å². The lowest BCUT2D eigenvalue weighted by Crippen LogP contribution is -2.31. The van der Waals surface area contributed by atoms with Crippen LogP contribution in [-0.4, -0.2) is 18.5 Å². The van der Waals surface area contributed by atoms with Gasteiger partial charge in [0.05, 0.1) is 0 Å². The minimum Gasteiger partial charge on any atom is -0.356 e. The zero-order chi connectivity index (χ0) is 11.3. The first-order valence-electron chi connectivity index (χ1n) is 6.71. The molecule has 3 rings (SSSR count). The normalized spacial score (nSPS) is 45.2. The van der Waals surface area contributed by atoms with Crippen molar-refractivity contribution in [1.82, 2.24) is 5.32 Å². The monoisotopic (exact) mass is 222 g/mol. The Balaban J connectivity index is 1.48. The van der Waals surface area contributed by atoms with Gasteiger partial charge in [-0.15, -0.1) is 0 Å². The van der Waals surface area contributed by atoms with E-state index in [9.17, 15) is 4.79 Å². The summed E-state index contributed by atoms with van der Waals surface area (Å²) in [6.07, 6.45) is 5.07. The molecule has 0 aliphatic heterocycles. The van der Waals surface area contributed by atoms with Gasteiger partial charge in [0.1, 0.15) is 0 Å². The van der Waals surface area contributed by atoms with Gasteiger partial charge in [-0.1, -0.05) is 0 Å². The minimum absolute atomic E-state index is 0.190. The van der Waals surface area contributed by atoms with Crippen molar-refractivity contribution >= 4 is 5.91 Å². The summed E-state index contributed by atoms with van der Waals surface area (Å²) in [6.45, 7) is 2.74. The van der Waals surface area contributed by atoms with Gasteiger partial charge >= 0.3 is 0 Å². The average molecular weight is 222 g/mol. The van der Waals surface area contributed by atoms with E-state index in [1.807, 2.05) is 6.92 Å². The van der Waals surface area contributed by atoms with E-state index in [-0.39, 0.29) is 6.04 Å². The number of hydrogen-bond donors (Lipinski definition) is 2. The molecule has 5 unspecified atom stereocenters. The maximum absolute atomic E-state index is 12.0. The van der Waals surface area contributed by atoms with E-state index in [1.54, 1.807) is 0 Å². The lowest BCUT2D eigenvalue weighted by molar-refractivity contribution is -0.123. The molecule has 0 heterocycles. The van der Waals surface area contributed by atoms with Crippen LogP contribution in [0.1, 0.15) is 32.6 Å². The van der Waals surface area contributed by atoms with Crippen molar-refractivity contribution < 1.29 is 4.79 Å². The highest BCUT2D eigenvalue weighted by Gasteiger charge is 2.67. The second kappa shape index (κ2) is 3.73. The molecule has 2 bridgehead atoms. The Hall–Kier alpha value is -0.570. The third-order valence-corrected chi connectivity index (χ3v) is 4.94. The van der Waals surface area contributed by atoms with Crippen LogP contribution in [0.5, 0.6) is 0 Å². The molecular formula is C13H22N2O. The first-order valence-corrected chi connectivity index (χ1v) is 6.71. The summed E-state index contributed by atoms with van der Waals surface area (Å²) >= 11 is 0. The third kappa shape index (κ3) is 1.56. The van der Waals surface area contributed by atoms with Crippen molar-refractivity contribution in [3.05, 3.63) is 0 Å². The molecule has 0 spiro atoms. The van der Waals surface area contributed by atoms with Gasteiger partial charge in [-0.05, 0) is 56.3 Å². The predicted octanol–water partition coefficient (Wildman–Crippen LogP) is 1.13. The number of nitrogens with two attached hydrogens (primary N) is 1. The molecule has 16 heavy (non-hydrogen) atoms.